The van der Waals surface area contributed by atoms with Gasteiger partial charge >= 0.3 is 0 Å². The highest BCUT2D eigenvalue weighted by molar-refractivity contribution is 14.0. The van der Waals surface area contributed by atoms with Crippen LogP contribution in [-0.2, 0) is 0 Å². The fraction of sp³-hybridized carbons (Fsp3) is 0.944. The van der Waals surface area contributed by atoms with Crippen molar-refractivity contribution >= 4 is 29.9 Å². The van der Waals surface area contributed by atoms with Crippen LogP contribution in [0.2, 0.25) is 0 Å². The smallest absolute Gasteiger partial charge is 0.193 e. The average molecular weight is 434 g/mol. The Bertz CT molecular complexity index is 373. The summed E-state index contributed by atoms with van der Waals surface area (Å²) in [5.74, 6) is 1.17. The molecule has 0 bridgehead atoms. The maximum atomic E-state index is 4.93. The molecule has 134 valence electrons. The highest BCUT2D eigenvalue weighted by Crippen LogP contribution is 2.47. The van der Waals surface area contributed by atoms with Crippen LogP contribution in [0.1, 0.15) is 58.3 Å². The first-order chi connectivity index (χ1) is 10.8. The molecule has 0 radical (unpaired) electrons. The number of nitrogens with zero attached hydrogens (tertiary/aromatic N) is 3. The summed E-state index contributed by atoms with van der Waals surface area (Å²) in [6.07, 6.45) is 11.3. The molecule has 0 unspecified atom stereocenters. The van der Waals surface area contributed by atoms with E-state index in [-0.39, 0.29) is 24.0 Å². The van der Waals surface area contributed by atoms with Gasteiger partial charge in [-0.2, -0.15) is 0 Å². The van der Waals surface area contributed by atoms with Gasteiger partial charge in [-0.15, -0.1) is 24.0 Å². The summed E-state index contributed by atoms with van der Waals surface area (Å²) < 4.78 is 0. The molecule has 2 heterocycles. The molecule has 3 rings (SSSR count). The van der Waals surface area contributed by atoms with Gasteiger partial charge in [0, 0.05) is 26.2 Å². The van der Waals surface area contributed by atoms with Crippen molar-refractivity contribution in [3.05, 3.63) is 0 Å². The van der Waals surface area contributed by atoms with Crippen LogP contribution in [0, 0.1) is 5.41 Å². The summed E-state index contributed by atoms with van der Waals surface area (Å²) >= 11 is 0. The molecule has 2 aliphatic heterocycles. The predicted octanol–water partition coefficient (Wildman–Crippen LogP) is 3.32. The summed E-state index contributed by atoms with van der Waals surface area (Å²) in [5, 5.41) is 3.52. The number of hydrogen-bond acceptors (Lipinski definition) is 2. The number of hydrogen-bond donors (Lipinski definition) is 1. The molecule has 1 N–H and O–H groups in total. The zero-order valence-electron chi connectivity index (χ0n) is 14.9. The molecule has 3 aliphatic rings. The van der Waals surface area contributed by atoms with Crippen LogP contribution in [0.15, 0.2) is 4.99 Å². The molecular weight excluding hydrogens is 399 g/mol. The predicted molar refractivity (Wildman–Crippen MR) is 109 cm³/mol. The summed E-state index contributed by atoms with van der Waals surface area (Å²) in [6.45, 7) is 10.2. The van der Waals surface area contributed by atoms with Crippen molar-refractivity contribution in [2.45, 2.75) is 58.3 Å². The summed E-state index contributed by atoms with van der Waals surface area (Å²) in [4.78, 5) is 10.1. The van der Waals surface area contributed by atoms with Gasteiger partial charge in [0.15, 0.2) is 5.96 Å². The Morgan fingerprint density at radius 1 is 1.00 bits per heavy atom. The molecule has 4 nitrogen and oxygen atoms in total. The van der Waals surface area contributed by atoms with E-state index in [9.17, 15) is 0 Å². The molecule has 0 atom stereocenters. The van der Waals surface area contributed by atoms with Gasteiger partial charge in [0.25, 0.3) is 0 Å². The third-order valence-corrected chi connectivity index (χ3v) is 5.86. The molecule has 3 fully saturated rings. The molecular formula is C18H35IN4. The van der Waals surface area contributed by atoms with Crippen LogP contribution in [0.4, 0.5) is 0 Å². The van der Waals surface area contributed by atoms with Gasteiger partial charge in [-0.25, -0.2) is 0 Å². The van der Waals surface area contributed by atoms with Gasteiger partial charge in [-0.3, -0.25) is 4.99 Å². The van der Waals surface area contributed by atoms with Crippen LogP contribution in [-0.4, -0.2) is 61.6 Å². The molecule has 0 aromatic heterocycles. The lowest BCUT2D eigenvalue weighted by molar-refractivity contribution is 0.151. The third-order valence-electron chi connectivity index (χ3n) is 5.86. The minimum absolute atomic E-state index is 0. The minimum Gasteiger partial charge on any atom is -0.357 e. The van der Waals surface area contributed by atoms with E-state index in [1.807, 2.05) is 0 Å². The first-order valence-electron chi connectivity index (χ1n) is 9.57. The van der Waals surface area contributed by atoms with Crippen LogP contribution in [0.3, 0.4) is 0 Å². The standard InChI is InChI=1S/C18H34N4.HI/c1-2-19-17(22-14-10-18(16-22)8-7-9-18)20-11-15-21-12-5-3-4-6-13-21;/h2-16H2,1H3,(H,19,20);1H. The molecule has 0 aromatic carbocycles. The van der Waals surface area contributed by atoms with E-state index < -0.39 is 0 Å². The van der Waals surface area contributed by atoms with Crippen LogP contribution < -0.4 is 5.32 Å². The molecule has 5 heteroatoms. The van der Waals surface area contributed by atoms with Gasteiger partial charge in [0.1, 0.15) is 0 Å². The lowest BCUT2D eigenvalue weighted by atomic mass is 9.68. The zero-order chi connectivity index (χ0) is 15.3. The van der Waals surface area contributed by atoms with Gasteiger partial charge in [0.2, 0.25) is 0 Å². The zero-order valence-corrected chi connectivity index (χ0v) is 17.2. The number of halogens is 1. The molecule has 0 amide bonds. The molecule has 1 aliphatic carbocycles. The van der Waals surface area contributed by atoms with Crippen LogP contribution >= 0.6 is 24.0 Å². The number of likely N-dealkylation sites (tertiary alicyclic amines) is 2. The van der Waals surface area contributed by atoms with Gasteiger partial charge in [-0.05, 0) is 57.5 Å². The number of aliphatic imine (C=N–C) groups is 1. The second kappa shape index (κ2) is 9.44. The molecule has 0 aromatic rings. The van der Waals surface area contributed by atoms with E-state index in [0.29, 0.717) is 5.41 Å². The Morgan fingerprint density at radius 3 is 2.30 bits per heavy atom. The van der Waals surface area contributed by atoms with Gasteiger partial charge < -0.3 is 15.1 Å². The number of nitrogens with one attached hydrogen (secondary N) is 1. The second-order valence-corrected chi connectivity index (χ2v) is 7.52. The van der Waals surface area contributed by atoms with Crippen molar-refractivity contribution in [1.29, 1.82) is 0 Å². The van der Waals surface area contributed by atoms with Crippen molar-refractivity contribution in [3.8, 4) is 0 Å². The van der Waals surface area contributed by atoms with Gasteiger partial charge in [0.05, 0.1) is 6.54 Å². The first-order valence-corrected chi connectivity index (χ1v) is 9.57. The Balaban J connectivity index is 0.00000192. The highest BCUT2D eigenvalue weighted by atomic mass is 127. The monoisotopic (exact) mass is 434 g/mol. The molecule has 2 saturated heterocycles. The van der Waals surface area contributed by atoms with E-state index in [4.69, 9.17) is 4.99 Å². The van der Waals surface area contributed by atoms with Crippen molar-refractivity contribution in [3.63, 3.8) is 0 Å². The van der Waals surface area contributed by atoms with Crippen LogP contribution in [0.25, 0.3) is 0 Å². The molecule has 1 saturated carbocycles. The Hall–Kier alpha value is -0.0400. The maximum absolute atomic E-state index is 4.93. The fourth-order valence-corrected chi connectivity index (χ4v) is 4.28. The SMILES string of the molecule is CCNC(=NCCN1CCCCCC1)N1CCC2(CCC2)C1.I. The van der Waals surface area contributed by atoms with E-state index in [1.54, 1.807) is 0 Å². The lowest BCUT2D eigenvalue weighted by Crippen LogP contribution is -2.43. The largest absolute Gasteiger partial charge is 0.357 e. The van der Waals surface area contributed by atoms with E-state index in [1.165, 1.54) is 83.5 Å². The Labute approximate surface area is 159 Å². The molecule has 23 heavy (non-hydrogen) atoms. The highest BCUT2D eigenvalue weighted by Gasteiger charge is 2.43. The van der Waals surface area contributed by atoms with Crippen molar-refractivity contribution in [2.75, 3.05) is 45.8 Å². The maximum Gasteiger partial charge on any atom is 0.193 e. The van der Waals surface area contributed by atoms with Crippen LogP contribution in [0.5, 0.6) is 0 Å². The van der Waals surface area contributed by atoms with Crippen molar-refractivity contribution in [2.24, 2.45) is 10.4 Å². The van der Waals surface area contributed by atoms with Crippen molar-refractivity contribution < 1.29 is 0 Å². The van der Waals surface area contributed by atoms with E-state index in [0.717, 1.165) is 19.6 Å². The first kappa shape index (κ1) is 19.3. The summed E-state index contributed by atoms with van der Waals surface area (Å²) in [6, 6.07) is 0. The number of rotatable bonds is 4. The fourth-order valence-electron chi connectivity index (χ4n) is 4.28. The Kier molecular flexibility index (Phi) is 7.92. The summed E-state index contributed by atoms with van der Waals surface area (Å²) in [5.41, 5.74) is 0.654. The quantitative estimate of drug-likeness (QED) is 0.419. The van der Waals surface area contributed by atoms with Crippen molar-refractivity contribution in [1.82, 2.24) is 15.1 Å². The average Bonchev–Trinajstić information content (AvgIpc) is 2.79. The van der Waals surface area contributed by atoms with E-state index in [2.05, 4.69) is 22.0 Å². The normalized spacial score (nSPS) is 24.9. The topological polar surface area (TPSA) is 30.9 Å². The lowest BCUT2D eigenvalue weighted by Gasteiger charge is -2.38. The molecule has 1 spiro atoms. The number of guanidine groups is 1. The Morgan fingerprint density at radius 2 is 1.74 bits per heavy atom. The summed E-state index contributed by atoms with van der Waals surface area (Å²) in [7, 11) is 0. The van der Waals surface area contributed by atoms with Gasteiger partial charge in [-0.1, -0.05) is 19.3 Å². The second-order valence-electron chi connectivity index (χ2n) is 7.52. The van der Waals surface area contributed by atoms with E-state index >= 15 is 0 Å². The third kappa shape index (κ3) is 5.21. The minimum atomic E-state index is 0.